The molecule has 142 valence electrons. The molecule has 3 heterocycles. The van der Waals surface area contributed by atoms with Crippen molar-refractivity contribution in [3.63, 3.8) is 0 Å². The number of hydrogen-bond donors (Lipinski definition) is 3. The molecule has 0 spiro atoms. The van der Waals surface area contributed by atoms with E-state index in [-0.39, 0.29) is 5.82 Å². The van der Waals surface area contributed by atoms with E-state index >= 15 is 4.39 Å². The van der Waals surface area contributed by atoms with Crippen molar-refractivity contribution in [2.24, 2.45) is 0 Å². The number of aliphatic hydroxyl groups is 2. The quantitative estimate of drug-likeness (QED) is 0.632. The van der Waals surface area contributed by atoms with E-state index in [2.05, 4.69) is 9.97 Å². The van der Waals surface area contributed by atoms with Gasteiger partial charge in [-0.15, -0.1) is 0 Å². The lowest BCUT2D eigenvalue weighted by molar-refractivity contribution is -0.0937. The second kappa shape index (κ2) is 6.42. The van der Waals surface area contributed by atoms with Gasteiger partial charge in [0.25, 0.3) is 0 Å². The van der Waals surface area contributed by atoms with Gasteiger partial charge < -0.3 is 25.3 Å². The molecule has 0 aliphatic carbocycles. The molecule has 0 bridgehead atoms. The maximum absolute atomic E-state index is 15.1. The van der Waals surface area contributed by atoms with Gasteiger partial charge in [0.2, 0.25) is 0 Å². The number of benzene rings is 1. The normalized spacial score (nSPS) is 29.3. The van der Waals surface area contributed by atoms with Crippen molar-refractivity contribution in [2.45, 2.75) is 37.1 Å². The smallest absolute Gasteiger partial charge is 0.164 e. The standard InChI is InChI=1S/C18H18ClFN4O3/c1-18(26)13(25)17(24-7-6-11-15(21)22-8-23-16(11)24)27-14(18)12(20)9-2-4-10(19)5-3-9/h2-8,12-14,17,25-26H,1H3,(H2,21,22,23)/t12?,13-,14+,17+,18-/m0/s1. The molecule has 3 aromatic rings. The molecule has 1 saturated heterocycles. The zero-order valence-electron chi connectivity index (χ0n) is 14.3. The summed E-state index contributed by atoms with van der Waals surface area (Å²) in [6.45, 7) is 1.35. The number of ether oxygens (including phenoxy) is 1. The van der Waals surface area contributed by atoms with Crippen LogP contribution in [0.25, 0.3) is 11.0 Å². The van der Waals surface area contributed by atoms with Crippen LogP contribution in [0.15, 0.2) is 42.9 Å². The highest BCUT2D eigenvalue weighted by Crippen LogP contribution is 2.44. The number of anilines is 1. The van der Waals surface area contributed by atoms with E-state index in [0.717, 1.165) is 0 Å². The van der Waals surface area contributed by atoms with E-state index in [1.165, 1.54) is 30.0 Å². The molecule has 4 N–H and O–H groups in total. The van der Waals surface area contributed by atoms with Gasteiger partial charge in [-0.25, -0.2) is 14.4 Å². The van der Waals surface area contributed by atoms with Gasteiger partial charge >= 0.3 is 0 Å². The predicted molar refractivity (Wildman–Crippen MR) is 97.8 cm³/mol. The fourth-order valence-electron chi connectivity index (χ4n) is 3.42. The van der Waals surface area contributed by atoms with Gasteiger partial charge in [-0.3, -0.25) is 0 Å². The van der Waals surface area contributed by atoms with Gasteiger partial charge in [0.05, 0.1) is 5.39 Å². The van der Waals surface area contributed by atoms with Crippen LogP contribution < -0.4 is 5.73 Å². The number of rotatable bonds is 3. The number of nitrogens with zero attached hydrogens (tertiary/aromatic N) is 3. The first-order valence-corrected chi connectivity index (χ1v) is 8.71. The minimum Gasteiger partial charge on any atom is -0.385 e. The Kier molecular flexibility index (Phi) is 4.31. The summed E-state index contributed by atoms with van der Waals surface area (Å²) >= 11 is 5.85. The summed E-state index contributed by atoms with van der Waals surface area (Å²) in [6, 6.07) is 7.82. The molecule has 2 aromatic heterocycles. The van der Waals surface area contributed by atoms with Gasteiger partial charge in [0.1, 0.15) is 35.6 Å². The number of aliphatic hydroxyl groups excluding tert-OH is 1. The van der Waals surface area contributed by atoms with Crippen molar-refractivity contribution in [1.82, 2.24) is 14.5 Å². The first-order chi connectivity index (χ1) is 12.8. The second-order valence-electron chi connectivity index (χ2n) is 6.79. The van der Waals surface area contributed by atoms with Crippen molar-refractivity contribution >= 4 is 28.5 Å². The predicted octanol–water partition coefficient (Wildman–Crippen LogP) is 2.39. The molecule has 1 aliphatic heterocycles. The number of nitrogen functional groups attached to an aromatic ring is 1. The summed E-state index contributed by atoms with van der Waals surface area (Å²) in [6.07, 6.45) is -2.50. The number of alkyl halides is 1. The highest BCUT2D eigenvalue weighted by molar-refractivity contribution is 6.30. The van der Waals surface area contributed by atoms with Crippen LogP contribution in [-0.2, 0) is 4.74 Å². The van der Waals surface area contributed by atoms with Gasteiger partial charge in [-0.05, 0) is 30.7 Å². The number of halogens is 2. The third-order valence-electron chi connectivity index (χ3n) is 5.00. The van der Waals surface area contributed by atoms with Crippen LogP contribution in [-0.4, -0.2) is 42.6 Å². The average molecular weight is 393 g/mol. The van der Waals surface area contributed by atoms with E-state index < -0.39 is 30.2 Å². The molecule has 1 aromatic carbocycles. The largest absolute Gasteiger partial charge is 0.385 e. The van der Waals surface area contributed by atoms with Crippen LogP contribution in [0.1, 0.15) is 24.9 Å². The van der Waals surface area contributed by atoms with Crippen molar-refractivity contribution in [1.29, 1.82) is 0 Å². The Labute approximate surface area is 159 Å². The number of fused-ring (bicyclic) bond motifs is 1. The molecule has 0 saturated carbocycles. The van der Waals surface area contributed by atoms with E-state index in [0.29, 0.717) is 21.6 Å². The van der Waals surface area contributed by atoms with Crippen molar-refractivity contribution in [3.8, 4) is 0 Å². The minimum absolute atomic E-state index is 0.277. The van der Waals surface area contributed by atoms with Crippen LogP contribution in [0.4, 0.5) is 10.2 Å². The molecule has 1 unspecified atom stereocenters. The Morgan fingerprint density at radius 1 is 1.30 bits per heavy atom. The summed E-state index contributed by atoms with van der Waals surface area (Å²) in [7, 11) is 0. The maximum Gasteiger partial charge on any atom is 0.164 e. The van der Waals surface area contributed by atoms with E-state index in [1.54, 1.807) is 24.4 Å². The molecular formula is C18H18ClFN4O3. The van der Waals surface area contributed by atoms with Crippen LogP contribution in [0.2, 0.25) is 5.02 Å². The monoisotopic (exact) mass is 392 g/mol. The topological polar surface area (TPSA) is 106 Å². The highest BCUT2D eigenvalue weighted by Gasteiger charge is 2.56. The molecule has 1 fully saturated rings. The second-order valence-corrected chi connectivity index (χ2v) is 7.23. The Bertz CT molecular complexity index is 978. The Balaban J connectivity index is 1.70. The average Bonchev–Trinajstić information content (AvgIpc) is 3.16. The Morgan fingerprint density at radius 2 is 2.00 bits per heavy atom. The number of hydrogen-bond acceptors (Lipinski definition) is 6. The summed E-state index contributed by atoms with van der Waals surface area (Å²) in [4.78, 5) is 8.07. The van der Waals surface area contributed by atoms with E-state index in [1.807, 2.05) is 0 Å². The minimum atomic E-state index is -1.83. The zero-order chi connectivity index (χ0) is 19.3. The van der Waals surface area contributed by atoms with Gasteiger partial charge in [-0.2, -0.15) is 0 Å². The van der Waals surface area contributed by atoms with Crippen LogP contribution in [0.5, 0.6) is 0 Å². The van der Waals surface area contributed by atoms with Gasteiger partial charge in [-0.1, -0.05) is 23.7 Å². The van der Waals surface area contributed by atoms with Crippen molar-refractivity contribution in [2.75, 3.05) is 5.73 Å². The SMILES string of the molecule is C[C@@]1(O)[C@@H](C(F)c2ccc(Cl)cc2)O[C@@H](n2ccc3c(N)ncnc32)[C@@H]1O. The molecule has 1 aliphatic rings. The fourth-order valence-corrected chi connectivity index (χ4v) is 3.55. The Hall–Kier alpha value is -2.26. The van der Waals surface area contributed by atoms with Crippen LogP contribution >= 0.6 is 11.6 Å². The molecule has 7 nitrogen and oxygen atoms in total. The molecule has 9 heteroatoms. The Morgan fingerprint density at radius 3 is 2.70 bits per heavy atom. The molecule has 5 atom stereocenters. The fraction of sp³-hybridized carbons (Fsp3) is 0.333. The molecule has 27 heavy (non-hydrogen) atoms. The third-order valence-corrected chi connectivity index (χ3v) is 5.25. The van der Waals surface area contributed by atoms with Crippen LogP contribution in [0.3, 0.4) is 0 Å². The van der Waals surface area contributed by atoms with E-state index in [4.69, 9.17) is 22.1 Å². The van der Waals surface area contributed by atoms with Gasteiger partial charge in [0, 0.05) is 11.2 Å². The summed E-state index contributed by atoms with van der Waals surface area (Å²) < 4.78 is 22.4. The molecule has 0 radical (unpaired) electrons. The number of aromatic nitrogens is 3. The lowest BCUT2D eigenvalue weighted by Crippen LogP contribution is -2.46. The summed E-state index contributed by atoms with van der Waals surface area (Å²) in [5, 5.41) is 22.5. The third kappa shape index (κ3) is 2.85. The molecule has 4 rings (SSSR count). The molecule has 0 amide bonds. The summed E-state index contributed by atoms with van der Waals surface area (Å²) in [5.41, 5.74) is 4.71. The van der Waals surface area contributed by atoms with Crippen LogP contribution in [0, 0.1) is 0 Å². The first kappa shape index (κ1) is 18.1. The summed E-state index contributed by atoms with van der Waals surface area (Å²) in [5.74, 6) is 0.277. The lowest BCUT2D eigenvalue weighted by atomic mass is 9.89. The maximum atomic E-state index is 15.1. The van der Waals surface area contributed by atoms with Gasteiger partial charge in [0.15, 0.2) is 12.4 Å². The first-order valence-electron chi connectivity index (χ1n) is 8.33. The van der Waals surface area contributed by atoms with Crippen molar-refractivity contribution < 1.29 is 19.3 Å². The van der Waals surface area contributed by atoms with Crippen molar-refractivity contribution in [3.05, 3.63) is 53.4 Å². The van der Waals surface area contributed by atoms with E-state index in [9.17, 15) is 10.2 Å². The lowest BCUT2D eigenvalue weighted by Gasteiger charge is -2.28. The zero-order valence-corrected chi connectivity index (χ0v) is 15.1. The highest BCUT2D eigenvalue weighted by atomic mass is 35.5. The number of nitrogens with two attached hydrogens (primary N) is 1. The molecular weight excluding hydrogens is 375 g/mol.